The van der Waals surface area contributed by atoms with Crippen LogP contribution >= 0.6 is 11.8 Å². The highest BCUT2D eigenvalue weighted by atomic mass is 32.2. The highest BCUT2D eigenvalue weighted by Gasteiger charge is 2.54. The van der Waals surface area contributed by atoms with Gasteiger partial charge < -0.3 is 0 Å². The lowest BCUT2D eigenvalue weighted by Crippen LogP contribution is -2.47. The van der Waals surface area contributed by atoms with E-state index in [1.54, 1.807) is 6.07 Å². The molecule has 1 aliphatic rings. The summed E-state index contributed by atoms with van der Waals surface area (Å²) >= 11 is 0.781. The van der Waals surface area contributed by atoms with Crippen LogP contribution in [0.25, 0.3) is 0 Å². The Hall–Kier alpha value is -0.640. The lowest BCUT2D eigenvalue weighted by Gasteiger charge is -2.44. The number of rotatable bonds is 1. The van der Waals surface area contributed by atoms with Gasteiger partial charge in [-0.2, -0.15) is 0 Å². The average molecular weight is 217 g/mol. The van der Waals surface area contributed by atoms with Gasteiger partial charge in [-0.15, -0.1) is 11.8 Å². The number of benzene rings is 1. The van der Waals surface area contributed by atoms with Crippen LogP contribution in [0.2, 0.25) is 0 Å². The predicted molar refractivity (Wildman–Crippen MR) is 50.8 cm³/mol. The maximum absolute atomic E-state index is 13.2. The second-order valence-corrected chi connectivity index (χ2v) is 4.69. The molecule has 3 atom stereocenters. The molecule has 0 nitrogen and oxygen atoms in total. The third-order valence-electron chi connectivity index (χ3n) is 2.31. The summed E-state index contributed by atoms with van der Waals surface area (Å²) < 4.78 is 37.5. The molecule has 0 aliphatic carbocycles. The molecule has 0 N–H and O–H groups in total. The molecule has 0 saturated carbocycles. The minimum Gasteiger partial charge on any atom is -0.241 e. The van der Waals surface area contributed by atoms with Crippen LogP contribution in [-0.2, 0) is 4.75 Å². The van der Waals surface area contributed by atoms with E-state index >= 15 is 0 Å². The standard InChI is InChI=1S/C10H8F3S/c1-10(8(12)9(13)14-10)6-3-2-4-7(11)5-6/h2-5,8-9H,1H2. The molecule has 1 radical (unpaired) electrons. The first-order valence-electron chi connectivity index (χ1n) is 4.11. The number of hydrogen-bond donors (Lipinski definition) is 0. The van der Waals surface area contributed by atoms with Crippen LogP contribution < -0.4 is 0 Å². The third-order valence-corrected chi connectivity index (χ3v) is 3.66. The molecule has 0 amide bonds. The molecule has 1 heterocycles. The Morgan fingerprint density at radius 1 is 1.36 bits per heavy atom. The quantitative estimate of drug-likeness (QED) is 0.696. The Labute approximate surface area is 84.5 Å². The number of thioether (sulfide) groups is 1. The first kappa shape index (κ1) is 9.90. The molecule has 14 heavy (non-hydrogen) atoms. The normalized spacial score (nSPS) is 36.6. The fraction of sp³-hybridized carbons (Fsp3) is 0.300. The molecule has 0 spiro atoms. The molecular weight excluding hydrogens is 209 g/mol. The Balaban J connectivity index is 2.32. The van der Waals surface area contributed by atoms with Gasteiger partial charge in [0.2, 0.25) is 0 Å². The van der Waals surface area contributed by atoms with Crippen molar-refractivity contribution >= 4 is 11.8 Å². The second kappa shape index (κ2) is 3.19. The van der Waals surface area contributed by atoms with Crippen molar-refractivity contribution in [2.75, 3.05) is 0 Å². The molecule has 1 aromatic carbocycles. The van der Waals surface area contributed by atoms with Gasteiger partial charge in [-0.05, 0) is 24.6 Å². The summed E-state index contributed by atoms with van der Waals surface area (Å²) in [7, 11) is 0. The van der Waals surface area contributed by atoms with Crippen LogP contribution in [0.4, 0.5) is 13.2 Å². The first-order valence-corrected chi connectivity index (χ1v) is 4.99. The summed E-state index contributed by atoms with van der Waals surface area (Å²) in [5.41, 5.74) is -1.15. The van der Waals surface area contributed by atoms with Crippen molar-refractivity contribution in [1.82, 2.24) is 0 Å². The van der Waals surface area contributed by atoms with Crippen molar-refractivity contribution in [2.24, 2.45) is 0 Å². The van der Waals surface area contributed by atoms with Gasteiger partial charge in [0.1, 0.15) is 5.82 Å². The van der Waals surface area contributed by atoms with Crippen LogP contribution in [0, 0.1) is 12.7 Å². The first-order chi connectivity index (χ1) is 6.54. The molecule has 0 aromatic heterocycles. The summed E-state index contributed by atoms with van der Waals surface area (Å²) in [6.45, 7) is 3.60. The van der Waals surface area contributed by atoms with Crippen LogP contribution in [0.3, 0.4) is 0 Å². The van der Waals surface area contributed by atoms with E-state index in [9.17, 15) is 13.2 Å². The molecule has 1 aromatic rings. The summed E-state index contributed by atoms with van der Waals surface area (Å²) in [6.07, 6.45) is -1.66. The SMILES string of the molecule is [CH2]C1(c2cccc(F)c2)SC(F)C1F. The van der Waals surface area contributed by atoms with E-state index in [1.165, 1.54) is 18.2 Å². The molecule has 3 unspecified atom stereocenters. The van der Waals surface area contributed by atoms with Crippen molar-refractivity contribution in [3.05, 3.63) is 42.6 Å². The Kier molecular flexibility index (Phi) is 2.26. The van der Waals surface area contributed by atoms with E-state index in [1.807, 2.05) is 0 Å². The van der Waals surface area contributed by atoms with Crippen LogP contribution in [0.1, 0.15) is 5.56 Å². The molecule has 0 bridgehead atoms. The lowest BCUT2D eigenvalue weighted by molar-refractivity contribution is 0.170. The summed E-state index contributed by atoms with van der Waals surface area (Å²) in [4.78, 5) is 0. The van der Waals surface area contributed by atoms with Gasteiger partial charge >= 0.3 is 0 Å². The maximum Gasteiger partial charge on any atom is 0.179 e. The van der Waals surface area contributed by atoms with Crippen molar-refractivity contribution in [3.63, 3.8) is 0 Å². The zero-order chi connectivity index (χ0) is 10.3. The molecule has 75 valence electrons. The monoisotopic (exact) mass is 217 g/mol. The molecule has 2 rings (SSSR count). The average Bonchev–Trinajstić information content (AvgIpc) is 2.17. The lowest BCUT2D eigenvalue weighted by atomic mass is 9.94. The van der Waals surface area contributed by atoms with Gasteiger partial charge in [0, 0.05) is 0 Å². The highest BCUT2D eigenvalue weighted by Crippen LogP contribution is 2.55. The van der Waals surface area contributed by atoms with Crippen molar-refractivity contribution in [3.8, 4) is 0 Å². The Bertz CT molecular complexity index is 355. The number of halogens is 3. The van der Waals surface area contributed by atoms with Gasteiger partial charge in [0.15, 0.2) is 11.7 Å². The molecule has 4 heteroatoms. The second-order valence-electron chi connectivity index (χ2n) is 3.27. The Morgan fingerprint density at radius 2 is 2.07 bits per heavy atom. The number of alkyl halides is 2. The Morgan fingerprint density at radius 3 is 2.57 bits per heavy atom. The largest absolute Gasteiger partial charge is 0.241 e. The van der Waals surface area contributed by atoms with Gasteiger partial charge in [-0.25, -0.2) is 13.2 Å². The third kappa shape index (κ3) is 1.32. The van der Waals surface area contributed by atoms with E-state index in [0.29, 0.717) is 5.56 Å². The van der Waals surface area contributed by atoms with Crippen LogP contribution in [-0.4, -0.2) is 11.7 Å². The van der Waals surface area contributed by atoms with Gasteiger partial charge in [0.25, 0.3) is 0 Å². The minimum absolute atomic E-state index is 0.393. The van der Waals surface area contributed by atoms with Crippen LogP contribution in [0.15, 0.2) is 24.3 Å². The van der Waals surface area contributed by atoms with Crippen molar-refractivity contribution < 1.29 is 13.2 Å². The maximum atomic E-state index is 13.2. The summed E-state index contributed by atoms with van der Waals surface area (Å²) in [6, 6.07) is 5.48. The van der Waals surface area contributed by atoms with Crippen molar-refractivity contribution in [2.45, 2.75) is 16.4 Å². The minimum atomic E-state index is -1.66. The van der Waals surface area contributed by atoms with E-state index in [0.717, 1.165) is 11.8 Å². The molecule has 1 saturated heterocycles. The highest BCUT2D eigenvalue weighted by molar-refractivity contribution is 8.02. The topological polar surface area (TPSA) is 0 Å². The van der Waals surface area contributed by atoms with Crippen LogP contribution in [0.5, 0.6) is 0 Å². The van der Waals surface area contributed by atoms with E-state index < -0.39 is 22.2 Å². The number of hydrogen-bond acceptors (Lipinski definition) is 1. The predicted octanol–water partition coefficient (Wildman–Crippen LogP) is 3.24. The fourth-order valence-corrected chi connectivity index (χ4v) is 2.48. The smallest absolute Gasteiger partial charge is 0.179 e. The van der Waals surface area contributed by atoms with Crippen molar-refractivity contribution in [1.29, 1.82) is 0 Å². The van der Waals surface area contributed by atoms with E-state index in [-0.39, 0.29) is 0 Å². The molecule has 1 aliphatic heterocycles. The molecule has 1 fully saturated rings. The van der Waals surface area contributed by atoms with Gasteiger partial charge in [-0.3, -0.25) is 0 Å². The van der Waals surface area contributed by atoms with Gasteiger partial charge in [0.05, 0.1) is 4.75 Å². The zero-order valence-electron chi connectivity index (χ0n) is 7.21. The van der Waals surface area contributed by atoms with E-state index in [4.69, 9.17) is 0 Å². The summed E-state index contributed by atoms with van der Waals surface area (Å²) in [5.74, 6) is -0.458. The van der Waals surface area contributed by atoms with E-state index in [2.05, 4.69) is 6.92 Å². The van der Waals surface area contributed by atoms with Gasteiger partial charge in [-0.1, -0.05) is 12.1 Å². The summed E-state index contributed by atoms with van der Waals surface area (Å²) in [5, 5.41) is 0. The molecular formula is C10H8F3S. The zero-order valence-corrected chi connectivity index (χ0v) is 8.03. The fourth-order valence-electron chi connectivity index (χ4n) is 1.44.